The first-order valence-corrected chi connectivity index (χ1v) is 5.54. The Bertz CT molecular complexity index is 530. The zero-order valence-electron chi connectivity index (χ0n) is 9.97. The van der Waals surface area contributed by atoms with Gasteiger partial charge < -0.3 is 5.73 Å². The van der Waals surface area contributed by atoms with Crippen LogP contribution in [0.4, 0.5) is 11.5 Å². The van der Waals surface area contributed by atoms with Gasteiger partial charge in [0.25, 0.3) is 5.56 Å². The van der Waals surface area contributed by atoms with E-state index in [0.717, 1.165) is 17.4 Å². The molecule has 7 nitrogen and oxygen atoms in total. The molecule has 0 amide bonds. The largest absolute Gasteiger partial charge is 0.383 e. The predicted molar refractivity (Wildman–Crippen MR) is 65.4 cm³/mol. The molecule has 94 valence electrons. The Morgan fingerprint density at radius 3 is 2.35 bits per heavy atom. The van der Waals surface area contributed by atoms with E-state index in [0.29, 0.717) is 6.54 Å². The number of aromatic nitrogens is 2. The second-order valence-electron chi connectivity index (χ2n) is 3.66. The smallest absolute Gasteiger partial charge is 0.332 e. The summed E-state index contributed by atoms with van der Waals surface area (Å²) in [7, 11) is 0. The molecule has 1 aromatic rings. The van der Waals surface area contributed by atoms with Crippen LogP contribution < -0.4 is 17.0 Å². The number of unbranched alkanes of at least 4 members (excludes halogenated alkanes) is 1. The van der Waals surface area contributed by atoms with E-state index < -0.39 is 11.2 Å². The number of hydrogen-bond acceptors (Lipinski definition) is 5. The molecule has 1 aromatic heterocycles. The Kier molecular flexibility index (Phi) is 4.19. The van der Waals surface area contributed by atoms with Crippen LogP contribution in [0.2, 0.25) is 0 Å². The quantitative estimate of drug-likeness (QED) is 0.769. The third-order valence-electron chi connectivity index (χ3n) is 2.59. The van der Waals surface area contributed by atoms with Crippen LogP contribution in [0.15, 0.2) is 14.8 Å². The standard InChI is InChI=1S/C10H16N4O3/c1-3-5-6-14-8(11)7(12-17)9(15)13(4-2)10(14)16/h3-6,11H2,1-2H3. The molecule has 7 heteroatoms. The van der Waals surface area contributed by atoms with Gasteiger partial charge in [0, 0.05) is 13.1 Å². The molecule has 0 aliphatic heterocycles. The molecule has 0 aromatic carbocycles. The van der Waals surface area contributed by atoms with Gasteiger partial charge in [-0.2, -0.15) is 0 Å². The first-order chi connectivity index (χ1) is 8.08. The minimum atomic E-state index is -0.724. The van der Waals surface area contributed by atoms with Crippen molar-refractivity contribution >= 4 is 11.5 Å². The van der Waals surface area contributed by atoms with Gasteiger partial charge in [-0.15, -0.1) is 4.91 Å². The highest BCUT2D eigenvalue weighted by Gasteiger charge is 2.16. The number of anilines is 1. The number of hydrogen-bond donors (Lipinski definition) is 1. The summed E-state index contributed by atoms with van der Waals surface area (Å²) in [5, 5.41) is 2.62. The Morgan fingerprint density at radius 1 is 1.24 bits per heavy atom. The van der Waals surface area contributed by atoms with Crippen molar-refractivity contribution in [2.24, 2.45) is 5.18 Å². The minimum absolute atomic E-state index is 0.145. The Hall–Kier alpha value is -1.92. The van der Waals surface area contributed by atoms with Crippen molar-refractivity contribution in [2.45, 2.75) is 39.8 Å². The van der Waals surface area contributed by atoms with E-state index in [4.69, 9.17) is 5.73 Å². The zero-order chi connectivity index (χ0) is 13.0. The summed E-state index contributed by atoms with van der Waals surface area (Å²) in [6, 6.07) is 0. The van der Waals surface area contributed by atoms with Crippen molar-refractivity contribution in [1.29, 1.82) is 0 Å². The van der Waals surface area contributed by atoms with Crippen LogP contribution in [0.5, 0.6) is 0 Å². The summed E-state index contributed by atoms with van der Waals surface area (Å²) < 4.78 is 2.19. The minimum Gasteiger partial charge on any atom is -0.383 e. The summed E-state index contributed by atoms with van der Waals surface area (Å²) in [4.78, 5) is 34.2. The van der Waals surface area contributed by atoms with Gasteiger partial charge in [-0.25, -0.2) is 4.79 Å². The van der Waals surface area contributed by atoms with Gasteiger partial charge in [0.15, 0.2) is 0 Å². The molecule has 0 saturated carbocycles. The van der Waals surface area contributed by atoms with Crippen LogP contribution in [-0.4, -0.2) is 9.13 Å². The van der Waals surface area contributed by atoms with E-state index in [9.17, 15) is 14.5 Å². The maximum absolute atomic E-state index is 11.9. The lowest BCUT2D eigenvalue weighted by Gasteiger charge is -2.12. The second kappa shape index (κ2) is 5.42. The lowest BCUT2D eigenvalue weighted by Crippen LogP contribution is -2.40. The van der Waals surface area contributed by atoms with Crippen molar-refractivity contribution < 1.29 is 0 Å². The summed E-state index contributed by atoms with van der Waals surface area (Å²) in [5.41, 5.74) is 4.01. The molecule has 0 aliphatic carbocycles. The highest BCUT2D eigenvalue weighted by Crippen LogP contribution is 2.14. The molecule has 17 heavy (non-hydrogen) atoms. The fourth-order valence-corrected chi connectivity index (χ4v) is 1.60. The fourth-order valence-electron chi connectivity index (χ4n) is 1.60. The van der Waals surface area contributed by atoms with Crippen molar-refractivity contribution in [1.82, 2.24) is 9.13 Å². The van der Waals surface area contributed by atoms with Gasteiger partial charge >= 0.3 is 5.69 Å². The maximum atomic E-state index is 11.9. The van der Waals surface area contributed by atoms with Crippen LogP contribution in [0.3, 0.4) is 0 Å². The van der Waals surface area contributed by atoms with Crippen molar-refractivity contribution in [2.75, 3.05) is 5.73 Å². The van der Waals surface area contributed by atoms with E-state index in [1.807, 2.05) is 6.92 Å². The lowest BCUT2D eigenvalue weighted by molar-refractivity contribution is 0.553. The van der Waals surface area contributed by atoms with Crippen LogP contribution in [0.25, 0.3) is 0 Å². The van der Waals surface area contributed by atoms with Crippen molar-refractivity contribution in [3.63, 3.8) is 0 Å². The molecular weight excluding hydrogens is 224 g/mol. The van der Waals surface area contributed by atoms with E-state index in [1.165, 1.54) is 4.57 Å². The highest BCUT2D eigenvalue weighted by molar-refractivity contribution is 5.55. The summed E-state index contributed by atoms with van der Waals surface area (Å²) >= 11 is 0. The lowest BCUT2D eigenvalue weighted by atomic mass is 10.3. The summed E-state index contributed by atoms with van der Waals surface area (Å²) in [5.74, 6) is -0.145. The monoisotopic (exact) mass is 240 g/mol. The van der Waals surface area contributed by atoms with Gasteiger partial charge in [0.2, 0.25) is 5.69 Å². The van der Waals surface area contributed by atoms with Crippen LogP contribution >= 0.6 is 0 Å². The number of nitroso groups, excluding NO2 is 1. The average molecular weight is 240 g/mol. The first kappa shape index (κ1) is 13.1. The third-order valence-corrected chi connectivity index (χ3v) is 2.59. The second-order valence-corrected chi connectivity index (χ2v) is 3.66. The number of rotatable bonds is 5. The SMILES string of the molecule is CCCCn1c(N)c(N=O)c(=O)n(CC)c1=O. The van der Waals surface area contributed by atoms with Crippen LogP contribution in [-0.2, 0) is 13.1 Å². The normalized spacial score (nSPS) is 10.5. The Morgan fingerprint density at radius 2 is 1.88 bits per heavy atom. The van der Waals surface area contributed by atoms with E-state index in [2.05, 4.69) is 5.18 Å². The summed E-state index contributed by atoms with van der Waals surface area (Å²) in [6.07, 6.45) is 1.62. The molecule has 0 atom stereocenters. The Balaban J connectivity index is 3.54. The maximum Gasteiger partial charge on any atom is 0.332 e. The molecular formula is C10H16N4O3. The van der Waals surface area contributed by atoms with Crippen LogP contribution in [0, 0.1) is 4.91 Å². The number of nitrogen functional groups attached to an aromatic ring is 1. The van der Waals surface area contributed by atoms with Crippen molar-refractivity contribution in [3.05, 3.63) is 25.7 Å². The topological polar surface area (TPSA) is 99.4 Å². The zero-order valence-corrected chi connectivity index (χ0v) is 9.97. The molecule has 0 aliphatic rings. The molecule has 0 saturated heterocycles. The predicted octanol–water partition coefficient (Wildman–Crippen LogP) is 0.810. The number of nitrogens with two attached hydrogens (primary N) is 1. The first-order valence-electron chi connectivity index (χ1n) is 5.54. The summed E-state index contributed by atoms with van der Waals surface area (Å²) in [6.45, 7) is 4.18. The van der Waals surface area contributed by atoms with Gasteiger partial charge in [-0.05, 0) is 18.5 Å². The van der Waals surface area contributed by atoms with Gasteiger partial charge in [0.1, 0.15) is 5.82 Å². The fraction of sp³-hybridized carbons (Fsp3) is 0.600. The van der Waals surface area contributed by atoms with Gasteiger partial charge in [-0.1, -0.05) is 13.3 Å². The highest BCUT2D eigenvalue weighted by atomic mass is 16.3. The molecule has 0 radical (unpaired) electrons. The van der Waals surface area contributed by atoms with Gasteiger partial charge in [-0.3, -0.25) is 13.9 Å². The van der Waals surface area contributed by atoms with Crippen molar-refractivity contribution in [3.8, 4) is 0 Å². The van der Waals surface area contributed by atoms with E-state index in [1.54, 1.807) is 6.92 Å². The molecule has 1 heterocycles. The average Bonchev–Trinajstić information content (AvgIpc) is 2.30. The molecule has 1 rings (SSSR count). The molecule has 0 spiro atoms. The number of nitrogens with zero attached hydrogens (tertiary/aromatic N) is 3. The molecule has 0 fully saturated rings. The molecule has 2 N–H and O–H groups in total. The molecule has 0 bridgehead atoms. The van der Waals surface area contributed by atoms with Crippen LogP contribution in [0.1, 0.15) is 26.7 Å². The molecule has 0 unspecified atom stereocenters. The van der Waals surface area contributed by atoms with Gasteiger partial charge in [0.05, 0.1) is 0 Å². The third kappa shape index (κ3) is 2.27. The van der Waals surface area contributed by atoms with E-state index in [-0.39, 0.29) is 18.1 Å². The van der Waals surface area contributed by atoms with E-state index >= 15 is 0 Å². The Labute approximate surface area is 97.8 Å².